The molecule has 156 valence electrons. The van der Waals surface area contributed by atoms with Gasteiger partial charge < -0.3 is 10.2 Å². The molecule has 0 unspecified atom stereocenters. The Balaban J connectivity index is 1.31. The molecule has 2 aliphatic heterocycles. The summed E-state index contributed by atoms with van der Waals surface area (Å²) in [7, 11) is 0. The summed E-state index contributed by atoms with van der Waals surface area (Å²) in [5.41, 5.74) is 3.75. The van der Waals surface area contributed by atoms with E-state index in [1.165, 1.54) is 37.9 Å². The molecular weight excluding hydrogens is 378 g/mol. The Morgan fingerprint density at radius 1 is 1.13 bits per heavy atom. The number of hydrogen-bond donors (Lipinski definition) is 2. The zero-order chi connectivity index (χ0) is 20.6. The van der Waals surface area contributed by atoms with Gasteiger partial charge in [0.15, 0.2) is 0 Å². The number of benzene rings is 2. The molecule has 2 fully saturated rings. The monoisotopic (exact) mass is 405 g/mol. The molecule has 30 heavy (non-hydrogen) atoms. The number of fused-ring (bicyclic) bond motifs is 1. The molecule has 0 atom stereocenters. The van der Waals surface area contributed by atoms with Crippen molar-refractivity contribution >= 4 is 16.9 Å². The Kier molecular flexibility index (Phi) is 5.02. The summed E-state index contributed by atoms with van der Waals surface area (Å²) in [5.74, 6) is 4.47. The first-order valence-corrected chi connectivity index (χ1v) is 10.6. The average Bonchev–Trinajstić information content (AvgIpc) is 3.38. The van der Waals surface area contributed by atoms with E-state index in [4.69, 9.17) is 5.90 Å². The van der Waals surface area contributed by atoms with Crippen molar-refractivity contribution < 1.29 is 9.63 Å². The number of likely N-dealkylation sites (tertiary alicyclic amines) is 1. The van der Waals surface area contributed by atoms with Gasteiger partial charge in [-0.05, 0) is 68.1 Å². The second-order valence-corrected chi connectivity index (χ2v) is 8.60. The second kappa shape index (κ2) is 7.83. The molecule has 3 heterocycles. The van der Waals surface area contributed by atoms with Gasteiger partial charge in [-0.3, -0.25) is 4.90 Å². The summed E-state index contributed by atoms with van der Waals surface area (Å²) >= 11 is 0. The van der Waals surface area contributed by atoms with Crippen LogP contribution in [-0.2, 0) is 11.4 Å². The molecule has 0 saturated carbocycles. The molecule has 7 heteroatoms. The number of piperidine rings is 1. The molecule has 0 bridgehead atoms. The number of aromatic nitrogens is 2. The van der Waals surface area contributed by atoms with Crippen molar-refractivity contribution in [3.05, 3.63) is 59.8 Å². The molecule has 0 amide bonds. The maximum atomic E-state index is 11.9. The van der Waals surface area contributed by atoms with Crippen LogP contribution < -0.4 is 11.2 Å². The predicted molar refractivity (Wildman–Crippen MR) is 115 cm³/mol. The summed E-state index contributed by atoms with van der Waals surface area (Å²) < 4.78 is 1.79. The molecule has 0 radical (unpaired) electrons. The number of nitrogens with two attached hydrogens (primary N) is 1. The highest BCUT2D eigenvalue weighted by Gasteiger charge is 2.38. The Hall–Kier alpha value is -2.74. The van der Waals surface area contributed by atoms with E-state index in [1.54, 1.807) is 16.8 Å². The maximum absolute atomic E-state index is 11.9. The van der Waals surface area contributed by atoms with Crippen LogP contribution in [0.15, 0.2) is 48.7 Å². The largest absolute Gasteiger partial charge is 0.370 e. The van der Waals surface area contributed by atoms with Crippen molar-refractivity contribution in [2.45, 2.75) is 25.8 Å². The zero-order valence-electron chi connectivity index (χ0n) is 17.0. The number of carbonyl (C=O) groups excluding carboxylic acids is 1. The minimum absolute atomic E-state index is 0.367. The highest BCUT2D eigenvalue weighted by atomic mass is 16.7. The third-order valence-corrected chi connectivity index (χ3v) is 6.65. The van der Waals surface area contributed by atoms with E-state index in [1.807, 2.05) is 12.3 Å². The zero-order valence-corrected chi connectivity index (χ0v) is 17.0. The van der Waals surface area contributed by atoms with E-state index in [0.717, 1.165) is 30.7 Å². The predicted octanol–water partition coefficient (Wildman–Crippen LogP) is 2.63. The fourth-order valence-electron chi connectivity index (χ4n) is 4.95. The Morgan fingerprint density at radius 2 is 1.93 bits per heavy atom. The first-order chi connectivity index (χ1) is 14.7. The van der Waals surface area contributed by atoms with Gasteiger partial charge in [-0.2, -0.15) is 11.0 Å². The number of rotatable bonds is 4. The van der Waals surface area contributed by atoms with Gasteiger partial charge in [0, 0.05) is 24.7 Å². The summed E-state index contributed by atoms with van der Waals surface area (Å²) in [6, 6.07) is 13.9. The normalized spacial score (nSPS) is 18.8. The van der Waals surface area contributed by atoms with E-state index >= 15 is 0 Å². The van der Waals surface area contributed by atoms with Crippen LogP contribution in [0.4, 0.5) is 0 Å². The van der Waals surface area contributed by atoms with E-state index in [-0.39, 0.29) is 0 Å². The van der Waals surface area contributed by atoms with Gasteiger partial charge in [-0.25, -0.2) is 9.48 Å². The van der Waals surface area contributed by atoms with E-state index in [0.29, 0.717) is 16.5 Å². The number of hydrogen-bond acceptors (Lipinski definition) is 6. The quantitative estimate of drug-likeness (QED) is 0.649. The van der Waals surface area contributed by atoms with Crippen LogP contribution in [0.3, 0.4) is 0 Å². The fourth-order valence-corrected chi connectivity index (χ4v) is 4.95. The van der Waals surface area contributed by atoms with Crippen LogP contribution in [-0.4, -0.2) is 46.8 Å². The average molecular weight is 406 g/mol. The molecule has 3 N–H and O–H groups in total. The van der Waals surface area contributed by atoms with E-state index in [2.05, 4.69) is 44.4 Å². The van der Waals surface area contributed by atoms with Crippen molar-refractivity contribution in [2.24, 2.45) is 11.3 Å². The van der Waals surface area contributed by atoms with Crippen molar-refractivity contribution in [3.8, 4) is 5.69 Å². The van der Waals surface area contributed by atoms with E-state index < -0.39 is 5.97 Å². The summed E-state index contributed by atoms with van der Waals surface area (Å²) in [4.78, 5) is 18.9. The summed E-state index contributed by atoms with van der Waals surface area (Å²) in [6.45, 7) is 5.70. The number of nitrogens with zero attached hydrogens (tertiary/aromatic N) is 3. The standard InChI is InChI=1S/C23H27N5O2/c24-30-22(29)20-3-1-2-18-15-28(26-21(18)20)19-6-4-17(5-7-19)14-27-13-10-23(16-27)8-11-25-12-9-23/h1-7,15,25H,8-14,16,24H2. The maximum Gasteiger partial charge on any atom is 0.358 e. The number of nitrogens with one attached hydrogen (secondary N) is 1. The highest BCUT2D eigenvalue weighted by Crippen LogP contribution is 2.39. The van der Waals surface area contributed by atoms with Crippen molar-refractivity contribution in [1.29, 1.82) is 0 Å². The van der Waals surface area contributed by atoms with Gasteiger partial charge >= 0.3 is 5.97 Å². The van der Waals surface area contributed by atoms with Crippen LogP contribution in [0.2, 0.25) is 0 Å². The summed E-state index contributed by atoms with van der Waals surface area (Å²) in [5, 5.41) is 8.94. The van der Waals surface area contributed by atoms with Gasteiger partial charge in [0.25, 0.3) is 0 Å². The lowest BCUT2D eigenvalue weighted by Gasteiger charge is -2.33. The minimum atomic E-state index is -0.585. The smallest absolute Gasteiger partial charge is 0.358 e. The summed E-state index contributed by atoms with van der Waals surface area (Å²) in [6.07, 6.45) is 5.84. The van der Waals surface area contributed by atoms with Crippen molar-refractivity contribution in [3.63, 3.8) is 0 Å². The first kappa shape index (κ1) is 19.2. The number of carbonyl (C=O) groups is 1. The molecule has 3 aromatic rings. The van der Waals surface area contributed by atoms with Crippen LogP contribution in [0.25, 0.3) is 16.6 Å². The van der Waals surface area contributed by atoms with Gasteiger partial charge in [0.1, 0.15) is 5.52 Å². The Morgan fingerprint density at radius 3 is 2.70 bits per heavy atom. The minimum Gasteiger partial charge on any atom is -0.370 e. The topological polar surface area (TPSA) is 85.4 Å². The molecule has 7 nitrogen and oxygen atoms in total. The lowest BCUT2D eigenvalue weighted by molar-refractivity contribution is 0.0505. The van der Waals surface area contributed by atoms with Crippen LogP contribution in [0, 0.1) is 5.41 Å². The Bertz CT molecular complexity index is 1050. The van der Waals surface area contributed by atoms with Gasteiger partial charge in [-0.1, -0.05) is 24.3 Å². The van der Waals surface area contributed by atoms with Crippen LogP contribution in [0.1, 0.15) is 35.2 Å². The fraction of sp³-hybridized carbons (Fsp3) is 0.391. The molecular formula is C23H27N5O2. The lowest BCUT2D eigenvalue weighted by atomic mass is 9.78. The highest BCUT2D eigenvalue weighted by molar-refractivity contribution is 6.02. The Labute approximate surface area is 175 Å². The molecule has 2 saturated heterocycles. The van der Waals surface area contributed by atoms with Gasteiger partial charge in [-0.15, -0.1) is 0 Å². The van der Waals surface area contributed by atoms with Crippen molar-refractivity contribution in [1.82, 2.24) is 20.0 Å². The molecule has 1 aromatic heterocycles. The lowest BCUT2D eigenvalue weighted by Crippen LogP contribution is -2.38. The third-order valence-electron chi connectivity index (χ3n) is 6.65. The second-order valence-electron chi connectivity index (χ2n) is 8.60. The van der Waals surface area contributed by atoms with Crippen LogP contribution in [0.5, 0.6) is 0 Å². The van der Waals surface area contributed by atoms with Crippen LogP contribution >= 0.6 is 0 Å². The molecule has 2 aromatic carbocycles. The molecule has 1 spiro atoms. The van der Waals surface area contributed by atoms with E-state index in [9.17, 15) is 4.79 Å². The first-order valence-electron chi connectivity index (χ1n) is 10.6. The molecule has 5 rings (SSSR count). The molecule has 2 aliphatic rings. The molecule has 0 aliphatic carbocycles. The SMILES string of the molecule is NOC(=O)c1cccc2cn(-c3ccc(CN4CCC5(CCNCC5)C4)cc3)nc12. The van der Waals surface area contributed by atoms with Gasteiger partial charge in [0.05, 0.1) is 11.3 Å². The van der Waals surface area contributed by atoms with Gasteiger partial charge in [0.2, 0.25) is 0 Å². The third kappa shape index (κ3) is 3.60. The van der Waals surface area contributed by atoms with Crippen molar-refractivity contribution in [2.75, 3.05) is 26.2 Å².